The van der Waals surface area contributed by atoms with Crippen molar-refractivity contribution >= 4 is 11.9 Å². The predicted octanol–water partition coefficient (Wildman–Crippen LogP) is -0.137. The van der Waals surface area contributed by atoms with Gasteiger partial charge in [-0.1, -0.05) is 6.92 Å². The molecule has 0 radical (unpaired) electrons. The lowest BCUT2D eigenvalue weighted by Gasteiger charge is -2.14. The fraction of sp³-hybridized carbons (Fsp3) is 0.818. The van der Waals surface area contributed by atoms with Gasteiger partial charge in [-0.2, -0.15) is 0 Å². The molecule has 5 nitrogen and oxygen atoms in total. The van der Waals surface area contributed by atoms with Crippen LogP contribution in [0.25, 0.3) is 0 Å². The van der Waals surface area contributed by atoms with E-state index < -0.39 is 0 Å². The minimum atomic E-state index is -0.144. The highest BCUT2D eigenvalue weighted by Gasteiger charge is 2.35. The van der Waals surface area contributed by atoms with Gasteiger partial charge in [0.1, 0.15) is 0 Å². The maximum atomic E-state index is 11.4. The summed E-state index contributed by atoms with van der Waals surface area (Å²) in [4.78, 5) is 24.7. The van der Waals surface area contributed by atoms with Crippen LogP contribution in [-0.4, -0.2) is 50.6 Å². The summed E-state index contributed by atoms with van der Waals surface area (Å²) in [5, 5.41) is 2.59. The third kappa shape index (κ3) is 3.20. The summed E-state index contributed by atoms with van der Waals surface area (Å²) in [5.74, 6) is 0.149. The lowest BCUT2D eigenvalue weighted by molar-refractivity contribution is -0.146. The highest BCUT2D eigenvalue weighted by molar-refractivity contribution is 5.75. The van der Waals surface area contributed by atoms with Gasteiger partial charge in [0, 0.05) is 33.1 Å². The van der Waals surface area contributed by atoms with Gasteiger partial charge in [0.25, 0.3) is 0 Å². The average Bonchev–Trinajstić information content (AvgIpc) is 2.66. The van der Waals surface area contributed by atoms with E-state index in [2.05, 4.69) is 10.2 Å². The Morgan fingerprint density at radius 2 is 2.12 bits per heavy atom. The van der Waals surface area contributed by atoms with Crippen molar-refractivity contribution < 1.29 is 14.3 Å². The number of amides is 1. The van der Waals surface area contributed by atoms with E-state index in [0.717, 1.165) is 6.54 Å². The van der Waals surface area contributed by atoms with Crippen LogP contribution in [0.4, 0.5) is 0 Å². The lowest BCUT2D eigenvalue weighted by Crippen LogP contribution is -2.29. The molecule has 0 aromatic heterocycles. The Morgan fingerprint density at radius 1 is 1.44 bits per heavy atom. The number of ether oxygens (including phenoxy) is 1. The van der Waals surface area contributed by atoms with E-state index in [1.54, 1.807) is 7.05 Å². The first-order valence-corrected chi connectivity index (χ1v) is 5.59. The van der Waals surface area contributed by atoms with Crippen LogP contribution in [0, 0.1) is 11.8 Å². The van der Waals surface area contributed by atoms with Crippen molar-refractivity contribution in [3.8, 4) is 0 Å². The molecule has 1 aliphatic heterocycles. The first-order valence-electron chi connectivity index (χ1n) is 5.59. The van der Waals surface area contributed by atoms with Gasteiger partial charge in [0.15, 0.2) is 0 Å². The number of hydrogen-bond donors (Lipinski definition) is 1. The van der Waals surface area contributed by atoms with Crippen molar-refractivity contribution in [1.29, 1.82) is 0 Å². The monoisotopic (exact) mass is 228 g/mol. The number of carbonyl (C=O) groups is 2. The summed E-state index contributed by atoms with van der Waals surface area (Å²) in [6, 6.07) is 0. The van der Waals surface area contributed by atoms with Crippen LogP contribution in [-0.2, 0) is 14.3 Å². The predicted molar refractivity (Wildman–Crippen MR) is 59.8 cm³/mol. The van der Waals surface area contributed by atoms with Crippen molar-refractivity contribution in [2.75, 3.05) is 33.8 Å². The Labute approximate surface area is 96.1 Å². The molecule has 1 rings (SSSR count). The number of esters is 1. The van der Waals surface area contributed by atoms with E-state index in [-0.39, 0.29) is 17.8 Å². The summed E-state index contributed by atoms with van der Waals surface area (Å²) in [5.41, 5.74) is 0. The van der Waals surface area contributed by atoms with E-state index in [0.29, 0.717) is 25.4 Å². The number of rotatable bonds is 4. The Morgan fingerprint density at radius 3 is 2.69 bits per heavy atom. The highest BCUT2D eigenvalue weighted by atomic mass is 16.5. The standard InChI is InChI=1S/C11H20N2O3/c1-8-6-13(5-4-10(14)12-2)7-9(8)11(15)16-3/h8-9H,4-7H2,1-3H3,(H,12,14). The second-order valence-electron chi connectivity index (χ2n) is 4.29. The minimum Gasteiger partial charge on any atom is -0.469 e. The smallest absolute Gasteiger partial charge is 0.310 e. The van der Waals surface area contributed by atoms with Gasteiger partial charge in [0.05, 0.1) is 13.0 Å². The maximum absolute atomic E-state index is 11.4. The molecule has 1 N–H and O–H groups in total. The zero-order valence-corrected chi connectivity index (χ0v) is 10.2. The molecule has 1 amide bonds. The van der Waals surface area contributed by atoms with E-state index in [9.17, 15) is 9.59 Å². The molecule has 2 unspecified atom stereocenters. The molecule has 2 atom stereocenters. The second-order valence-corrected chi connectivity index (χ2v) is 4.29. The fourth-order valence-electron chi connectivity index (χ4n) is 2.09. The number of carbonyl (C=O) groups excluding carboxylic acids is 2. The van der Waals surface area contributed by atoms with Crippen molar-refractivity contribution in [1.82, 2.24) is 10.2 Å². The second kappa shape index (κ2) is 5.84. The van der Waals surface area contributed by atoms with Gasteiger partial charge in [-0.25, -0.2) is 0 Å². The molecule has 1 heterocycles. The van der Waals surface area contributed by atoms with Gasteiger partial charge < -0.3 is 15.0 Å². The summed E-state index contributed by atoms with van der Waals surface area (Å²) < 4.78 is 4.75. The first kappa shape index (κ1) is 13.0. The van der Waals surface area contributed by atoms with Crippen LogP contribution in [0.15, 0.2) is 0 Å². The zero-order valence-electron chi connectivity index (χ0n) is 10.2. The summed E-state index contributed by atoms with van der Waals surface area (Å²) in [6.07, 6.45) is 0.483. The zero-order chi connectivity index (χ0) is 12.1. The molecular weight excluding hydrogens is 208 g/mol. The highest BCUT2D eigenvalue weighted by Crippen LogP contribution is 2.23. The number of nitrogens with zero attached hydrogens (tertiary/aromatic N) is 1. The van der Waals surface area contributed by atoms with E-state index in [1.807, 2.05) is 6.92 Å². The van der Waals surface area contributed by atoms with E-state index in [1.165, 1.54) is 7.11 Å². The van der Waals surface area contributed by atoms with Gasteiger partial charge >= 0.3 is 5.97 Å². The third-order valence-electron chi connectivity index (χ3n) is 3.13. The number of likely N-dealkylation sites (tertiary alicyclic amines) is 1. The first-order chi connectivity index (χ1) is 7.58. The largest absolute Gasteiger partial charge is 0.469 e. The van der Waals surface area contributed by atoms with Crippen LogP contribution in [0.2, 0.25) is 0 Å². The van der Waals surface area contributed by atoms with Crippen LogP contribution >= 0.6 is 0 Å². The SMILES string of the molecule is CNC(=O)CCN1CC(C)C(C(=O)OC)C1. The molecule has 1 saturated heterocycles. The molecule has 5 heteroatoms. The molecule has 0 saturated carbocycles. The van der Waals surface area contributed by atoms with Crippen LogP contribution in [0.3, 0.4) is 0 Å². The Hall–Kier alpha value is -1.10. The molecule has 1 fully saturated rings. The number of hydrogen-bond acceptors (Lipinski definition) is 4. The quantitative estimate of drug-likeness (QED) is 0.681. The summed E-state index contributed by atoms with van der Waals surface area (Å²) in [6.45, 7) is 4.31. The molecule has 0 aromatic carbocycles. The number of methoxy groups -OCH3 is 1. The average molecular weight is 228 g/mol. The van der Waals surface area contributed by atoms with Crippen molar-refractivity contribution in [3.05, 3.63) is 0 Å². The van der Waals surface area contributed by atoms with Crippen LogP contribution < -0.4 is 5.32 Å². The maximum Gasteiger partial charge on any atom is 0.310 e. The van der Waals surface area contributed by atoms with E-state index in [4.69, 9.17) is 4.74 Å². The fourth-order valence-corrected chi connectivity index (χ4v) is 2.09. The van der Waals surface area contributed by atoms with E-state index >= 15 is 0 Å². The molecule has 16 heavy (non-hydrogen) atoms. The lowest BCUT2D eigenvalue weighted by atomic mass is 9.99. The van der Waals surface area contributed by atoms with Crippen LogP contribution in [0.5, 0.6) is 0 Å². The molecule has 0 spiro atoms. The molecule has 0 aliphatic carbocycles. The molecular formula is C11H20N2O3. The van der Waals surface area contributed by atoms with Gasteiger partial charge in [-0.05, 0) is 5.92 Å². The van der Waals surface area contributed by atoms with Gasteiger partial charge in [0.2, 0.25) is 5.91 Å². The Bertz CT molecular complexity index is 268. The third-order valence-corrected chi connectivity index (χ3v) is 3.13. The molecule has 1 aliphatic rings. The minimum absolute atomic E-state index is 0.0363. The topological polar surface area (TPSA) is 58.6 Å². The summed E-state index contributed by atoms with van der Waals surface area (Å²) >= 11 is 0. The van der Waals surface area contributed by atoms with Crippen molar-refractivity contribution in [3.63, 3.8) is 0 Å². The summed E-state index contributed by atoms with van der Waals surface area (Å²) in [7, 11) is 3.05. The van der Waals surface area contributed by atoms with Crippen molar-refractivity contribution in [2.45, 2.75) is 13.3 Å². The van der Waals surface area contributed by atoms with Gasteiger partial charge in [-0.15, -0.1) is 0 Å². The molecule has 0 aromatic rings. The van der Waals surface area contributed by atoms with Gasteiger partial charge in [-0.3, -0.25) is 9.59 Å². The number of nitrogens with one attached hydrogen (secondary N) is 1. The molecule has 92 valence electrons. The Balaban J connectivity index is 2.38. The van der Waals surface area contributed by atoms with Crippen molar-refractivity contribution in [2.24, 2.45) is 11.8 Å². The normalized spacial score (nSPS) is 25.4. The molecule has 0 bridgehead atoms. The van der Waals surface area contributed by atoms with Crippen LogP contribution in [0.1, 0.15) is 13.3 Å². The Kier molecular flexibility index (Phi) is 4.73.